The van der Waals surface area contributed by atoms with Gasteiger partial charge in [0.1, 0.15) is 0 Å². The van der Waals surface area contributed by atoms with Crippen molar-refractivity contribution in [3.8, 4) is 0 Å². The van der Waals surface area contributed by atoms with Crippen LogP contribution in [-0.2, 0) is 13.0 Å². The average Bonchev–Trinajstić information content (AvgIpc) is 3.05. The number of thiazole rings is 1. The Morgan fingerprint density at radius 3 is 2.90 bits per heavy atom. The number of nitrogens with zero attached hydrogens (tertiary/aromatic N) is 2. The number of likely N-dealkylation sites (N-methyl/N-ethyl adjacent to an activating group) is 1. The number of fused-ring (bicyclic) bond motifs is 1. The van der Waals surface area contributed by atoms with Gasteiger partial charge in [-0.15, -0.1) is 11.3 Å². The molecule has 0 atom stereocenters. The third-order valence-corrected chi connectivity index (χ3v) is 4.51. The second-order valence-electron chi connectivity index (χ2n) is 5.26. The van der Waals surface area contributed by atoms with Crippen molar-refractivity contribution in [1.82, 2.24) is 14.9 Å². The van der Waals surface area contributed by atoms with Gasteiger partial charge in [0.15, 0.2) is 0 Å². The minimum absolute atomic E-state index is 0.853. The number of benzene rings is 1. The molecule has 1 N–H and O–H groups in total. The molecule has 2 aromatic heterocycles. The number of hydrogen-bond donors (Lipinski definition) is 1. The summed E-state index contributed by atoms with van der Waals surface area (Å²) in [5.41, 5.74) is 3.87. The fraction of sp³-hybridized carbons (Fsp3) is 0.353. The lowest BCUT2D eigenvalue weighted by Gasteiger charge is -2.02. The quantitative estimate of drug-likeness (QED) is 0.705. The van der Waals surface area contributed by atoms with Gasteiger partial charge >= 0.3 is 0 Å². The summed E-state index contributed by atoms with van der Waals surface area (Å²) >= 11 is 1.72. The van der Waals surface area contributed by atoms with Crippen LogP contribution in [-0.4, -0.2) is 22.6 Å². The predicted molar refractivity (Wildman–Crippen MR) is 90.1 cm³/mol. The largest absolute Gasteiger partial charge is 0.341 e. The van der Waals surface area contributed by atoms with Crippen LogP contribution in [0.3, 0.4) is 0 Å². The molecular formula is C17H21N3S. The molecular weight excluding hydrogens is 278 g/mol. The van der Waals surface area contributed by atoms with Crippen molar-refractivity contribution in [2.45, 2.75) is 26.8 Å². The summed E-state index contributed by atoms with van der Waals surface area (Å²) in [6, 6.07) is 8.65. The number of rotatable bonds is 6. The SMILES string of the molecule is CCNCCc1cn(Cc2csc(C)n2)c2ccccc12. The van der Waals surface area contributed by atoms with E-state index in [0.717, 1.165) is 36.8 Å². The molecule has 0 saturated carbocycles. The van der Waals surface area contributed by atoms with Gasteiger partial charge in [-0.3, -0.25) is 0 Å². The molecule has 0 fully saturated rings. The van der Waals surface area contributed by atoms with Gasteiger partial charge in [0, 0.05) is 22.5 Å². The molecule has 3 nitrogen and oxygen atoms in total. The third kappa shape index (κ3) is 3.17. The molecule has 110 valence electrons. The summed E-state index contributed by atoms with van der Waals surface area (Å²) in [5, 5.41) is 8.06. The van der Waals surface area contributed by atoms with Crippen LogP contribution >= 0.6 is 11.3 Å². The van der Waals surface area contributed by atoms with E-state index >= 15 is 0 Å². The predicted octanol–water partition coefficient (Wildman–Crippen LogP) is 3.61. The van der Waals surface area contributed by atoms with E-state index in [-0.39, 0.29) is 0 Å². The normalized spacial score (nSPS) is 11.3. The number of hydrogen-bond acceptors (Lipinski definition) is 3. The van der Waals surface area contributed by atoms with Gasteiger partial charge in [0.25, 0.3) is 0 Å². The van der Waals surface area contributed by atoms with Gasteiger partial charge in [0.05, 0.1) is 17.2 Å². The third-order valence-electron chi connectivity index (χ3n) is 3.69. The standard InChI is InChI=1S/C17H21N3S/c1-3-18-9-8-14-10-20(11-15-12-21-13(2)19-15)17-7-5-4-6-16(14)17/h4-7,10,12,18H,3,8-9,11H2,1-2H3. The first-order valence-electron chi connectivity index (χ1n) is 7.46. The monoisotopic (exact) mass is 299 g/mol. The van der Waals surface area contributed by atoms with E-state index in [2.05, 4.69) is 64.6 Å². The second kappa shape index (κ2) is 6.41. The first-order valence-corrected chi connectivity index (χ1v) is 8.34. The zero-order valence-electron chi connectivity index (χ0n) is 12.6. The average molecular weight is 299 g/mol. The molecule has 0 aliphatic carbocycles. The smallest absolute Gasteiger partial charge is 0.0898 e. The number of aryl methyl sites for hydroxylation is 1. The summed E-state index contributed by atoms with van der Waals surface area (Å²) < 4.78 is 2.32. The van der Waals surface area contributed by atoms with Gasteiger partial charge in [0.2, 0.25) is 0 Å². The van der Waals surface area contributed by atoms with E-state index in [1.165, 1.54) is 16.5 Å². The van der Waals surface area contributed by atoms with E-state index in [0.29, 0.717) is 0 Å². The Hall–Kier alpha value is -1.65. The van der Waals surface area contributed by atoms with Gasteiger partial charge in [-0.2, -0.15) is 0 Å². The maximum absolute atomic E-state index is 4.58. The maximum Gasteiger partial charge on any atom is 0.0898 e. The van der Waals surface area contributed by atoms with Gasteiger partial charge in [-0.05, 0) is 38.1 Å². The Labute approximate surface area is 129 Å². The molecule has 3 rings (SSSR count). The lowest BCUT2D eigenvalue weighted by atomic mass is 10.1. The van der Waals surface area contributed by atoms with Gasteiger partial charge in [-0.25, -0.2) is 4.98 Å². The van der Waals surface area contributed by atoms with E-state index in [1.807, 2.05) is 0 Å². The minimum Gasteiger partial charge on any atom is -0.341 e. The lowest BCUT2D eigenvalue weighted by molar-refractivity contribution is 0.715. The minimum atomic E-state index is 0.853. The van der Waals surface area contributed by atoms with Crippen molar-refractivity contribution in [2.75, 3.05) is 13.1 Å². The zero-order chi connectivity index (χ0) is 14.7. The van der Waals surface area contributed by atoms with E-state index in [9.17, 15) is 0 Å². The number of para-hydroxylation sites is 1. The van der Waals surface area contributed by atoms with Crippen molar-refractivity contribution < 1.29 is 0 Å². The van der Waals surface area contributed by atoms with Crippen molar-refractivity contribution in [3.05, 3.63) is 52.1 Å². The van der Waals surface area contributed by atoms with Crippen LogP contribution in [0.5, 0.6) is 0 Å². The molecule has 0 bridgehead atoms. The molecule has 21 heavy (non-hydrogen) atoms. The molecule has 1 aromatic carbocycles. The lowest BCUT2D eigenvalue weighted by Crippen LogP contribution is -2.15. The fourth-order valence-corrected chi connectivity index (χ4v) is 3.31. The summed E-state index contributed by atoms with van der Waals surface area (Å²) in [5.74, 6) is 0. The van der Waals surface area contributed by atoms with Crippen LogP contribution in [0.25, 0.3) is 10.9 Å². The van der Waals surface area contributed by atoms with Crippen LogP contribution in [0.1, 0.15) is 23.2 Å². The molecule has 3 aromatic rings. The van der Waals surface area contributed by atoms with Crippen LogP contribution < -0.4 is 5.32 Å². The topological polar surface area (TPSA) is 29.9 Å². The first-order chi connectivity index (χ1) is 10.3. The van der Waals surface area contributed by atoms with Crippen molar-refractivity contribution in [2.24, 2.45) is 0 Å². The molecule has 0 radical (unpaired) electrons. The molecule has 0 amide bonds. The maximum atomic E-state index is 4.58. The van der Waals surface area contributed by atoms with E-state index in [1.54, 1.807) is 11.3 Å². The Balaban J connectivity index is 1.90. The summed E-state index contributed by atoms with van der Waals surface area (Å²) in [4.78, 5) is 4.58. The fourth-order valence-electron chi connectivity index (χ4n) is 2.71. The van der Waals surface area contributed by atoms with E-state index < -0.39 is 0 Å². The van der Waals surface area contributed by atoms with Crippen LogP contribution in [0.15, 0.2) is 35.8 Å². The highest BCUT2D eigenvalue weighted by Crippen LogP contribution is 2.23. The highest BCUT2D eigenvalue weighted by molar-refractivity contribution is 7.09. The first kappa shape index (κ1) is 14.3. The molecule has 2 heterocycles. The van der Waals surface area contributed by atoms with Crippen LogP contribution in [0.2, 0.25) is 0 Å². The summed E-state index contributed by atoms with van der Waals surface area (Å²) in [7, 11) is 0. The van der Waals surface area contributed by atoms with Crippen molar-refractivity contribution in [3.63, 3.8) is 0 Å². The van der Waals surface area contributed by atoms with Crippen molar-refractivity contribution in [1.29, 1.82) is 0 Å². The highest BCUT2D eigenvalue weighted by Gasteiger charge is 2.09. The molecule has 0 aliphatic heterocycles. The summed E-state index contributed by atoms with van der Waals surface area (Å²) in [6.07, 6.45) is 3.36. The number of aromatic nitrogens is 2. The van der Waals surface area contributed by atoms with E-state index in [4.69, 9.17) is 0 Å². The van der Waals surface area contributed by atoms with Crippen LogP contribution in [0, 0.1) is 6.92 Å². The number of nitrogens with one attached hydrogen (secondary N) is 1. The Bertz CT molecular complexity index is 727. The second-order valence-corrected chi connectivity index (χ2v) is 6.32. The zero-order valence-corrected chi connectivity index (χ0v) is 13.4. The Morgan fingerprint density at radius 2 is 2.14 bits per heavy atom. The van der Waals surface area contributed by atoms with Crippen molar-refractivity contribution >= 4 is 22.2 Å². The van der Waals surface area contributed by atoms with Crippen LogP contribution in [0.4, 0.5) is 0 Å². The molecule has 4 heteroatoms. The van der Waals surface area contributed by atoms with Gasteiger partial charge in [-0.1, -0.05) is 25.1 Å². The molecule has 0 saturated heterocycles. The molecule has 0 spiro atoms. The Morgan fingerprint density at radius 1 is 1.29 bits per heavy atom. The summed E-state index contributed by atoms with van der Waals surface area (Å²) in [6.45, 7) is 7.11. The Kier molecular flexibility index (Phi) is 4.36. The van der Waals surface area contributed by atoms with Gasteiger partial charge < -0.3 is 9.88 Å². The molecule has 0 unspecified atom stereocenters. The highest BCUT2D eigenvalue weighted by atomic mass is 32.1. The molecule has 0 aliphatic rings.